The Morgan fingerprint density at radius 2 is 1.88 bits per heavy atom. The number of hydrogen-bond donors (Lipinski definition) is 0. The smallest absolute Gasteiger partial charge is 0.325 e. The predicted octanol–water partition coefficient (Wildman–Crippen LogP) is 2.77. The van der Waals surface area contributed by atoms with Crippen LogP contribution >= 0.6 is 11.3 Å². The molecule has 0 unspecified atom stereocenters. The summed E-state index contributed by atoms with van der Waals surface area (Å²) in [5, 5.41) is 11.1. The van der Waals surface area contributed by atoms with Crippen molar-refractivity contribution in [2.24, 2.45) is 4.99 Å². The highest BCUT2D eigenvalue weighted by Crippen LogP contribution is 2.23. The Morgan fingerprint density at radius 3 is 2.52 bits per heavy atom. The molecule has 0 radical (unpaired) electrons. The van der Waals surface area contributed by atoms with Gasteiger partial charge in [-0.05, 0) is 31.5 Å². The van der Waals surface area contributed by atoms with E-state index in [2.05, 4.69) is 9.73 Å². The lowest BCUT2D eigenvalue weighted by molar-refractivity contribution is -0.384. The summed E-state index contributed by atoms with van der Waals surface area (Å²) < 4.78 is 31.5. The SMILES string of the molecule is COC(=O)Cn1c(=NC(=O)CCCS(=O)(=O)c2ccc(C)cc2)sc2cc([N+](=O)[O-])ccc21. The van der Waals surface area contributed by atoms with Crippen LogP contribution in [0.15, 0.2) is 52.4 Å². The number of hydrogen-bond acceptors (Lipinski definition) is 8. The third kappa shape index (κ3) is 5.90. The van der Waals surface area contributed by atoms with E-state index in [1.54, 1.807) is 12.1 Å². The zero-order valence-corrected chi connectivity index (χ0v) is 19.5. The van der Waals surface area contributed by atoms with Crippen LogP contribution in [0.25, 0.3) is 10.2 Å². The summed E-state index contributed by atoms with van der Waals surface area (Å²) in [6.07, 6.45) is -0.0381. The second-order valence-corrected chi connectivity index (χ2v) is 10.3. The van der Waals surface area contributed by atoms with Gasteiger partial charge >= 0.3 is 5.97 Å². The monoisotopic (exact) mass is 491 g/mol. The van der Waals surface area contributed by atoms with Crippen molar-refractivity contribution in [3.05, 3.63) is 62.9 Å². The number of nitrogens with zero attached hydrogens (tertiary/aromatic N) is 3. The van der Waals surface area contributed by atoms with Gasteiger partial charge in [-0.1, -0.05) is 29.0 Å². The molecule has 1 aromatic heterocycles. The molecule has 10 nitrogen and oxygen atoms in total. The van der Waals surface area contributed by atoms with E-state index >= 15 is 0 Å². The van der Waals surface area contributed by atoms with Crippen molar-refractivity contribution < 1.29 is 27.7 Å². The number of nitro benzene ring substituents is 1. The van der Waals surface area contributed by atoms with Crippen molar-refractivity contribution in [1.82, 2.24) is 4.57 Å². The Labute approximate surface area is 193 Å². The first-order chi connectivity index (χ1) is 15.6. The molecule has 0 atom stereocenters. The predicted molar refractivity (Wildman–Crippen MR) is 122 cm³/mol. The van der Waals surface area contributed by atoms with Gasteiger partial charge in [0.1, 0.15) is 6.54 Å². The van der Waals surface area contributed by atoms with E-state index in [0.29, 0.717) is 10.2 Å². The molecule has 0 aliphatic rings. The largest absolute Gasteiger partial charge is 0.468 e. The van der Waals surface area contributed by atoms with Gasteiger partial charge in [-0.2, -0.15) is 4.99 Å². The number of nitro groups is 1. The summed E-state index contributed by atoms with van der Waals surface area (Å²) in [6, 6.07) is 10.6. The van der Waals surface area contributed by atoms with Crippen LogP contribution in [0, 0.1) is 17.0 Å². The molecule has 3 aromatic rings. The van der Waals surface area contributed by atoms with E-state index in [9.17, 15) is 28.1 Å². The van der Waals surface area contributed by atoms with E-state index in [0.717, 1.165) is 16.9 Å². The maximum Gasteiger partial charge on any atom is 0.325 e. The van der Waals surface area contributed by atoms with Gasteiger partial charge in [-0.3, -0.25) is 19.7 Å². The van der Waals surface area contributed by atoms with E-state index in [1.165, 1.54) is 42.0 Å². The number of benzene rings is 2. The summed E-state index contributed by atoms with van der Waals surface area (Å²) in [5.74, 6) is -1.35. The number of carbonyl (C=O) groups excluding carboxylic acids is 2. The third-order valence-electron chi connectivity index (χ3n) is 4.80. The topological polar surface area (TPSA) is 138 Å². The second kappa shape index (κ2) is 10.0. The number of amides is 1. The third-order valence-corrected chi connectivity index (χ3v) is 7.65. The fourth-order valence-corrected chi connectivity index (χ4v) is 5.44. The zero-order chi connectivity index (χ0) is 24.2. The van der Waals surface area contributed by atoms with Crippen LogP contribution in [0.4, 0.5) is 5.69 Å². The summed E-state index contributed by atoms with van der Waals surface area (Å²) >= 11 is 1.02. The molecular weight excluding hydrogens is 470 g/mol. The molecule has 1 amide bonds. The van der Waals surface area contributed by atoms with Crippen molar-refractivity contribution in [2.45, 2.75) is 31.2 Å². The first-order valence-electron chi connectivity index (χ1n) is 9.82. The molecule has 2 aromatic carbocycles. The lowest BCUT2D eigenvalue weighted by Gasteiger charge is -2.04. The Hall–Kier alpha value is -3.38. The Balaban J connectivity index is 1.82. The van der Waals surface area contributed by atoms with Gasteiger partial charge in [0.2, 0.25) is 5.91 Å². The molecule has 0 bridgehead atoms. The second-order valence-electron chi connectivity index (χ2n) is 7.20. The number of aryl methyl sites for hydroxylation is 1. The highest BCUT2D eigenvalue weighted by molar-refractivity contribution is 7.91. The number of thiazole rings is 1. The van der Waals surface area contributed by atoms with Crippen LogP contribution in [0.5, 0.6) is 0 Å². The lowest BCUT2D eigenvalue weighted by atomic mass is 10.2. The summed E-state index contributed by atoms with van der Waals surface area (Å²) in [4.78, 5) is 39.2. The van der Waals surface area contributed by atoms with Gasteiger partial charge in [-0.25, -0.2) is 8.42 Å². The average Bonchev–Trinajstić information content (AvgIpc) is 3.09. The molecule has 0 N–H and O–H groups in total. The van der Waals surface area contributed by atoms with Gasteiger partial charge < -0.3 is 9.30 Å². The Kier molecular flexibility index (Phi) is 7.39. The maximum atomic E-state index is 12.4. The quantitative estimate of drug-likeness (QED) is 0.268. The van der Waals surface area contributed by atoms with Gasteiger partial charge in [-0.15, -0.1) is 0 Å². The average molecular weight is 492 g/mol. The van der Waals surface area contributed by atoms with Crippen LogP contribution < -0.4 is 4.80 Å². The summed E-state index contributed by atoms with van der Waals surface area (Å²) in [5.41, 5.74) is 1.30. The van der Waals surface area contributed by atoms with E-state index in [4.69, 9.17) is 0 Å². The normalized spacial score (nSPS) is 12.1. The fourth-order valence-electron chi connectivity index (χ4n) is 3.05. The van der Waals surface area contributed by atoms with Crippen molar-refractivity contribution >= 4 is 49.0 Å². The van der Waals surface area contributed by atoms with Crippen LogP contribution in [0.3, 0.4) is 0 Å². The molecule has 12 heteroatoms. The number of methoxy groups -OCH3 is 1. The van der Waals surface area contributed by atoms with Gasteiger partial charge in [0.25, 0.3) is 5.69 Å². The van der Waals surface area contributed by atoms with Crippen LogP contribution in [-0.2, 0) is 30.7 Å². The van der Waals surface area contributed by atoms with E-state index in [-0.39, 0.29) is 40.5 Å². The highest BCUT2D eigenvalue weighted by atomic mass is 32.2. The van der Waals surface area contributed by atoms with Gasteiger partial charge in [0.05, 0.1) is 32.9 Å². The molecule has 1 heterocycles. The molecule has 0 spiro atoms. The Bertz CT molecular complexity index is 1390. The van der Waals surface area contributed by atoms with Crippen molar-refractivity contribution in [3.8, 4) is 0 Å². The first kappa shape index (κ1) is 24.3. The van der Waals surface area contributed by atoms with E-state index < -0.39 is 26.6 Å². The standard InChI is InChI=1S/C21H21N3O7S2/c1-14-5-8-16(9-6-14)33(29,30)11-3-4-19(25)22-21-23(13-20(26)31-2)17-10-7-15(24(27)28)12-18(17)32-21/h5-10,12H,3-4,11,13H2,1-2H3. The van der Waals surface area contributed by atoms with Crippen molar-refractivity contribution in [1.29, 1.82) is 0 Å². The molecule has 0 aliphatic carbocycles. The van der Waals surface area contributed by atoms with Crippen LogP contribution in [-0.4, -0.2) is 42.6 Å². The highest BCUT2D eigenvalue weighted by Gasteiger charge is 2.17. The number of rotatable bonds is 8. The van der Waals surface area contributed by atoms with Crippen LogP contribution in [0.1, 0.15) is 18.4 Å². The van der Waals surface area contributed by atoms with Crippen LogP contribution in [0.2, 0.25) is 0 Å². The summed E-state index contributed by atoms with van der Waals surface area (Å²) in [6.45, 7) is 1.62. The zero-order valence-electron chi connectivity index (χ0n) is 17.9. The number of aromatic nitrogens is 1. The van der Waals surface area contributed by atoms with Gasteiger partial charge in [0, 0.05) is 18.6 Å². The molecule has 3 rings (SSSR count). The number of esters is 1. The van der Waals surface area contributed by atoms with Gasteiger partial charge in [0.15, 0.2) is 14.6 Å². The minimum Gasteiger partial charge on any atom is -0.468 e. The molecular formula is C21H21N3O7S2. The number of non-ortho nitro benzene ring substituents is 1. The van der Waals surface area contributed by atoms with Crippen molar-refractivity contribution in [3.63, 3.8) is 0 Å². The molecule has 33 heavy (non-hydrogen) atoms. The molecule has 0 fully saturated rings. The first-order valence-corrected chi connectivity index (χ1v) is 12.3. The maximum absolute atomic E-state index is 12.4. The minimum absolute atomic E-state index is 0.0753. The Morgan fingerprint density at radius 1 is 1.18 bits per heavy atom. The minimum atomic E-state index is -3.53. The molecule has 0 aliphatic heterocycles. The fraction of sp³-hybridized carbons (Fsp3) is 0.286. The molecule has 0 saturated carbocycles. The van der Waals surface area contributed by atoms with Crippen molar-refractivity contribution in [2.75, 3.05) is 12.9 Å². The number of sulfone groups is 1. The number of fused-ring (bicyclic) bond motifs is 1. The molecule has 174 valence electrons. The lowest BCUT2D eigenvalue weighted by Crippen LogP contribution is -2.22. The number of carbonyl (C=O) groups is 2. The van der Waals surface area contributed by atoms with E-state index in [1.807, 2.05) is 6.92 Å². The molecule has 0 saturated heterocycles. The number of ether oxygens (including phenoxy) is 1. The summed E-state index contributed by atoms with van der Waals surface area (Å²) in [7, 11) is -2.31.